The fraction of sp³-hybridized carbons (Fsp3) is 0.294. The van der Waals surface area contributed by atoms with Gasteiger partial charge in [0.15, 0.2) is 11.5 Å². The zero-order valence-electron chi connectivity index (χ0n) is 12.5. The van der Waals surface area contributed by atoms with Gasteiger partial charge in [0.2, 0.25) is 0 Å². The predicted octanol–water partition coefficient (Wildman–Crippen LogP) is 2.75. The fourth-order valence-corrected chi connectivity index (χ4v) is 4.14. The molecule has 0 atom stereocenters. The van der Waals surface area contributed by atoms with Gasteiger partial charge in [0.1, 0.15) is 13.2 Å². The van der Waals surface area contributed by atoms with Gasteiger partial charge in [-0.05, 0) is 54.7 Å². The molecular weight excluding hydrogens is 314 g/mol. The largest absolute Gasteiger partial charge is 0.486 e. The van der Waals surface area contributed by atoms with Crippen LogP contribution >= 0.6 is 0 Å². The summed E-state index contributed by atoms with van der Waals surface area (Å²) in [5.41, 5.74) is 2.85. The monoisotopic (exact) mass is 331 g/mol. The normalized spacial score (nSPS) is 16.0. The summed E-state index contributed by atoms with van der Waals surface area (Å²) in [6, 6.07) is 10.4. The molecule has 2 aromatic rings. The van der Waals surface area contributed by atoms with Crippen molar-refractivity contribution in [2.24, 2.45) is 0 Å². The van der Waals surface area contributed by atoms with Crippen LogP contribution in [0.25, 0.3) is 0 Å². The quantitative estimate of drug-likeness (QED) is 0.939. The van der Waals surface area contributed by atoms with Crippen molar-refractivity contribution in [2.45, 2.75) is 24.2 Å². The van der Waals surface area contributed by atoms with E-state index >= 15 is 0 Å². The van der Waals surface area contributed by atoms with Gasteiger partial charge >= 0.3 is 0 Å². The third-order valence-electron chi connectivity index (χ3n) is 4.17. The molecule has 0 spiro atoms. The Morgan fingerprint density at radius 1 is 0.870 bits per heavy atom. The lowest BCUT2D eigenvalue weighted by atomic mass is 10.1. The van der Waals surface area contributed by atoms with Gasteiger partial charge < -0.3 is 9.47 Å². The zero-order chi connectivity index (χ0) is 15.9. The SMILES string of the molecule is O=S(=O)(Nc1ccc2c(c1)OCCO2)c1ccc2c(c1)CCC2. The first-order valence-corrected chi connectivity index (χ1v) is 9.14. The second-order valence-electron chi connectivity index (χ2n) is 5.75. The second kappa shape index (κ2) is 5.45. The van der Waals surface area contributed by atoms with Crippen LogP contribution in [0.2, 0.25) is 0 Å². The molecule has 0 saturated carbocycles. The van der Waals surface area contributed by atoms with Gasteiger partial charge in [-0.3, -0.25) is 4.72 Å². The maximum Gasteiger partial charge on any atom is 0.261 e. The first-order valence-electron chi connectivity index (χ1n) is 7.66. The van der Waals surface area contributed by atoms with Crippen molar-refractivity contribution in [3.05, 3.63) is 47.5 Å². The van der Waals surface area contributed by atoms with Crippen molar-refractivity contribution in [3.8, 4) is 11.5 Å². The van der Waals surface area contributed by atoms with E-state index in [-0.39, 0.29) is 0 Å². The van der Waals surface area contributed by atoms with Crippen molar-refractivity contribution in [1.29, 1.82) is 0 Å². The van der Waals surface area contributed by atoms with Crippen molar-refractivity contribution in [2.75, 3.05) is 17.9 Å². The molecule has 0 radical (unpaired) electrons. The van der Waals surface area contributed by atoms with E-state index < -0.39 is 10.0 Å². The van der Waals surface area contributed by atoms with E-state index in [0.717, 1.165) is 24.8 Å². The number of ether oxygens (including phenoxy) is 2. The summed E-state index contributed by atoms with van der Waals surface area (Å²) >= 11 is 0. The van der Waals surface area contributed by atoms with E-state index in [4.69, 9.17) is 9.47 Å². The molecule has 0 amide bonds. The van der Waals surface area contributed by atoms with E-state index in [2.05, 4.69) is 4.72 Å². The van der Waals surface area contributed by atoms with E-state index in [0.29, 0.717) is 35.3 Å². The molecule has 5 nitrogen and oxygen atoms in total. The van der Waals surface area contributed by atoms with Crippen LogP contribution in [-0.4, -0.2) is 21.6 Å². The number of benzene rings is 2. The van der Waals surface area contributed by atoms with Gasteiger partial charge in [0, 0.05) is 6.07 Å². The maximum absolute atomic E-state index is 12.6. The van der Waals surface area contributed by atoms with Crippen molar-refractivity contribution < 1.29 is 17.9 Å². The van der Waals surface area contributed by atoms with E-state index in [9.17, 15) is 8.42 Å². The van der Waals surface area contributed by atoms with Crippen molar-refractivity contribution in [1.82, 2.24) is 0 Å². The summed E-state index contributed by atoms with van der Waals surface area (Å²) in [5, 5.41) is 0. The van der Waals surface area contributed by atoms with E-state index in [1.54, 1.807) is 30.3 Å². The van der Waals surface area contributed by atoms with Gasteiger partial charge in [-0.15, -0.1) is 0 Å². The number of fused-ring (bicyclic) bond motifs is 2. The van der Waals surface area contributed by atoms with Gasteiger partial charge in [0.25, 0.3) is 10.0 Å². The molecule has 0 bridgehead atoms. The average molecular weight is 331 g/mol. The highest BCUT2D eigenvalue weighted by molar-refractivity contribution is 7.92. The number of sulfonamides is 1. The van der Waals surface area contributed by atoms with Crippen molar-refractivity contribution >= 4 is 15.7 Å². The number of aryl methyl sites for hydroxylation is 2. The number of nitrogens with one attached hydrogen (secondary N) is 1. The summed E-state index contributed by atoms with van der Waals surface area (Å²) in [4.78, 5) is 0.299. The molecule has 2 aliphatic rings. The highest BCUT2D eigenvalue weighted by atomic mass is 32.2. The number of rotatable bonds is 3. The fourth-order valence-electron chi connectivity index (χ4n) is 3.04. The topological polar surface area (TPSA) is 64.6 Å². The van der Waals surface area contributed by atoms with Crippen molar-refractivity contribution in [3.63, 3.8) is 0 Å². The minimum absolute atomic E-state index is 0.299. The molecule has 2 aromatic carbocycles. The Morgan fingerprint density at radius 3 is 2.52 bits per heavy atom. The van der Waals surface area contributed by atoms with E-state index in [1.807, 2.05) is 6.07 Å². The summed E-state index contributed by atoms with van der Waals surface area (Å²) < 4.78 is 38.7. The second-order valence-corrected chi connectivity index (χ2v) is 7.43. The van der Waals surface area contributed by atoms with Gasteiger partial charge in [-0.25, -0.2) is 8.42 Å². The number of hydrogen-bond donors (Lipinski definition) is 1. The third kappa shape index (κ3) is 2.74. The highest BCUT2D eigenvalue weighted by Gasteiger charge is 2.20. The lowest BCUT2D eigenvalue weighted by molar-refractivity contribution is 0.171. The Bertz CT molecular complexity index is 861. The molecule has 1 N–H and O–H groups in total. The first-order chi connectivity index (χ1) is 11.1. The van der Waals surface area contributed by atoms with Crippen LogP contribution in [0.3, 0.4) is 0 Å². The summed E-state index contributed by atoms with van der Waals surface area (Å²) in [5.74, 6) is 1.20. The molecule has 1 aliphatic heterocycles. The molecule has 0 fully saturated rings. The molecule has 6 heteroatoms. The van der Waals surface area contributed by atoms with Crippen LogP contribution in [0, 0.1) is 0 Å². The minimum Gasteiger partial charge on any atom is -0.486 e. The molecule has 0 aromatic heterocycles. The molecule has 120 valence electrons. The van der Waals surface area contributed by atoms with E-state index in [1.165, 1.54) is 5.56 Å². The van der Waals surface area contributed by atoms with Crippen LogP contribution < -0.4 is 14.2 Å². The third-order valence-corrected chi connectivity index (χ3v) is 5.55. The first kappa shape index (κ1) is 14.4. The van der Waals surface area contributed by atoms with Crippen LogP contribution in [0.5, 0.6) is 11.5 Å². The molecule has 1 aliphatic carbocycles. The van der Waals surface area contributed by atoms with Crippen LogP contribution in [0.15, 0.2) is 41.3 Å². The average Bonchev–Trinajstić information content (AvgIpc) is 3.02. The van der Waals surface area contributed by atoms with Gasteiger partial charge in [0.05, 0.1) is 10.6 Å². The van der Waals surface area contributed by atoms with Gasteiger partial charge in [-0.1, -0.05) is 6.07 Å². The Labute approximate surface area is 135 Å². The minimum atomic E-state index is -3.61. The lowest BCUT2D eigenvalue weighted by Crippen LogP contribution is -2.16. The molecule has 0 unspecified atom stereocenters. The molecule has 0 saturated heterocycles. The van der Waals surface area contributed by atoms with Crippen LogP contribution in [0.1, 0.15) is 17.5 Å². The van der Waals surface area contributed by atoms with Gasteiger partial charge in [-0.2, -0.15) is 0 Å². The lowest BCUT2D eigenvalue weighted by Gasteiger charge is -2.19. The summed E-state index contributed by atoms with van der Waals surface area (Å²) in [6.45, 7) is 0.973. The maximum atomic E-state index is 12.6. The zero-order valence-corrected chi connectivity index (χ0v) is 13.4. The molecular formula is C17H17NO4S. The summed E-state index contributed by atoms with van der Waals surface area (Å²) in [6.07, 6.45) is 3.07. The Morgan fingerprint density at radius 2 is 1.65 bits per heavy atom. The van der Waals surface area contributed by atoms with Crippen LogP contribution in [0.4, 0.5) is 5.69 Å². The Balaban J connectivity index is 1.62. The Hall–Kier alpha value is -2.21. The Kier molecular flexibility index (Phi) is 3.41. The summed E-state index contributed by atoms with van der Waals surface area (Å²) in [7, 11) is -3.61. The number of anilines is 1. The molecule has 23 heavy (non-hydrogen) atoms. The number of hydrogen-bond acceptors (Lipinski definition) is 4. The standard InChI is InChI=1S/C17H17NO4S/c19-23(20,15-6-4-12-2-1-3-13(12)10-15)18-14-5-7-16-17(11-14)22-9-8-21-16/h4-7,10-11,18H,1-3,8-9H2. The molecule has 4 rings (SSSR count). The highest BCUT2D eigenvalue weighted by Crippen LogP contribution is 2.33. The smallest absolute Gasteiger partial charge is 0.261 e. The predicted molar refractivity (Wildman–Crippen MR) is 86.7 cm³/mol. The molecule has 1 heterocycles. The van der Waals surface area contributed by atoms with Crippen LogP contribution in [-0.2, 0) is 22.9 Å².